The zero-order valence-electron chi connectivity index (χ0n) is 32.2. The van der Waals surface area contributed by atoms with Gasteiger partial charge in [0, 0.05) is 23.7 Å². The molecular weight excluding hydrogens is 756 g/mol. The van der Waals surface area contributed by atoms with Crippen molar-refractivity contribution in [3.05, 3.63) is 41.3 Å². The van der Waals surface area contributed by atoms with E-state index in [1.165, 1.54) is 11.0 Å². The van der Waals surface area contributed by atoms with E-state index < -0.39 is 74.1 Å². The van der Waals surface area contributed by atoms with Gasteiger partial charge in [0.1, 0.15) is 35.7 Å². The first-order valence-corrected chi connectivity index (χ1v) is 20.4. The Hall–Kier alpha value is -2.83. The number of rotatable bonds is 7. The molecule has 7 atom stereocenters. The molecule has 0 radical (unpaired) electrons. The number of hydrogen-bond donors (Lipinski definition) is 2. The number of carbonyl (C=O) groups excluding carboxylic acids is 4. The monoisotopic (exact) mass is 804 g/mol. The van der Waals surface area contributed by atoms with Crippen molar-refractivity contribution >= 4 is 44.9 Å². The van der Waals surface area contributed by atoms with Gasteiger partial charge in [-0.3, -0.25) is 9.59 Å². The Morgan fingerprint density at radius 1 is 1.09 bits per heavy atom. The third-order valence-corrected chi connectivity index (χ3v) is 12.9. The summed E-state index contributed by atoms with van der Waals surface area (Å²) in [6.07, 6.45) is 5.77. The average Bonchev–Trinajstić information content (AvgIpc) is 4.04. The number of aromatic nitrogens is 2. The summed E-state index contributed by atoms with van der Waals surface area (Å²) in [5.41, 5.74) is -0.522. The SMILES string of the molecule is C=C[C@@H]1C[C@]1(NC(=O)[C@@H]1C[C@@H]2CN1C(=O)C(C(C)(C)C)NC(=O)O[C@@H]1C[C@H]1CCCCCc1nc3ccc(OC)cc3nc1O2)C(=O)[N-]S(=O)(=O)C1CC1.[K+]. The zero-order chi connectivity index (χ0) is 38.6. The Morgan fingerprint density at radius 3 is 2.53 bits per heavy atom. The fourth-order valence-corrected chi connectivity index (χ4v) is 8.85. The minimum absolute atomic E-state index is 0. The van der Waals surface area contributed by atoms with E-state index in [0.29, 0.717) is 41.7 Å². The summed E-state index contributed by atoms with van der Waals surface area (Å²) in [6, 6.07) is 3.17. The molecule has 2 N–H and O–H groups in total. The number of alkyl carbamates (subject to hydrolysis) is 1. The van der Waals surface area contributed by atoms with Crippen LogP contribution in [0, 0.1) is 17.3 Å². The predicted molar refractivity (Wildman–Crippen MR) is 197 cm³/mol. The summed E-state index contributed by atoms with van der Waals surface area (Å²) in [7, 11) is -2.46. The molecule has 5 aliphatic rings. The van der Waals surface area contributed by atoms with E-state index in [0.717, 1.165) is 32.1 Å². The van der Waals surface area contributed by atoms with Gasteiger partial charge in [0.25, 0.3) is 0 Å². The zero-order valence-corrected chi connectivity index (χ0v) is 36.1. The number of fused-ring (bicyclic) bond motifs is 5. The number of benzene rings is 1. The molecule has 15 nitrogen and oxygen atoms in total. The van der Waals surface area contributed by atoms with Gasteiger partial charge < -0.3 is 39.3 Å². The number of amides is 4. The number of sulfonamides is 1. The Morgan fingerprint density at radius 2 is 1.85 bits per heavy atom. The molecule has 1 aromatic heterocycles. The summed E-state index contributed by atoms with van der Waals surface area (Å²) >= 11 is 0. The molecule has 3 heterocycles. The van der Waals surface area contributed by atoms with Gasteiger partial charge >= 0.3 is 57.5 Å². The van der Waals surface area contributed by atoms with Gasteiger partial charge in [0.15, 0.2) is 0 Å². The number of aryl methyl sites for hydroxylation is 1. The number of nitrogens with one attached hydrogen (secondary N) is 2. The summed E-state index contributed by atoms with van der Waals surface area (Å²) in [4.78, 5) is 66.7. The summed E-state index contributed by atoms with van der Waals surface area (Å²) < 4.78 is 46.6. The van der Waals surface area contributed by atoms with Crippen LogP contribution < -0.4 is 71.5 Å². The summed E-state index contributed by atoms with van der Waals surface area (Å²) in [6.45, 7) is 9.14. The van der Waals surface area contributed by atoms with Crippen LogP contribution in [0.2, 0.25) is 0 Å². The molecule has 3 aliphatic carbocycles. The van der Waals surface area contributed by atoms with Gasteiger partial charge in [-0.2, -0.15) is 0 Å². The molecule has 1 saturated heterocycles. The van der Waals surface area contributed by atoms with Crippen LogP contribution in [0.5, 0.6) is 11.6 Å². The van der Waals surface area contributed by atoms with Gasteiger partial charge in [0.05, 0.1) is 46.2 Å². The van der Waals surface area contributed by atoms with Crippen molar-refractivity contribution in [1.29, 1.82) is 0 Å². The van der Waals surface area contributed by atoms with Crippen LogP contribution in [-0.4, -0.2) is 95.8 Å². The minimum Gasteiger partial charge on any atom is -0.544 e. The molecule has 292 valence electrons. The van der Waals surface area contributed by atoms with E-state index in [2.05, 4.69) is 21.9 Å². The van der Waals surface area contributed by atoms with Crippen LogP contribution >= 0.6 is 0 Å². The van der Waals surface area contributed by atoms with Gasteiger partial charge in [-0.15, -0.1) is 6.58 Å². The van der Waals surface area contributed by atoms with Crippen molar-refractivity contribution in [1.82, 2.24) is 25.5 Å². The quantitative estimate of drug-likeness (QED) is 0.300. The maximum Gasteiger partial charge on any atom is 1.00 e. The topological polar surface area (TPSA) is 197 Å². The van der Waals surface area contributed by atoms with E-state index in [1.807, 2.05) is 12.1 Å². The van der Waals surface area contributed by atoms with Crippen LogP contribution in [-0.2, 0) is 35.6 Å². The number of hydrogen-bond acceptors (Lipinski definition) is 11. The summed E-state index contributed by atoms with van der Waals surface area (Å²) in [5.74, 6) is -1.59. The number of carbonyl (C=O) groups is 4. The Balaban J connectivity index is 0.00000514. The standard InChI is InChI=1S/C38H50N6O9S.K/c1-6-22-19-38(22,35(47)43-54(49,50)25-13-14-25)42-32(45)29-18-24-20-44(29)34(46)31(37(2,3)4)41-36(48)53-30-16-21(30)10-8-7-9-11-27-33(52-24)40-28-17-23(51-5)12-15-26(28)39-27;/h6,12,15,17,21-22,24-25,29-31H,1,7-11,13-14,16,18-20H2,2-5H3,(H3,41,42,43,45,47,48);/q;+1/p-1/t21-,22-,24-,29+,30-,31?,38-;/m1./s1. The van der Waals surface area contributed by atoms with E-state index in [4.69, 9.17) is 24.2 Å². The van der Waals surface area contributed by atoms with Gasteiger partial charge in [-0.25, -0.2) is 23.2 Å². The van der Waals surface area contributed by atoms with Crippen LogP contribution in [0.1, 0.15) is 84.3 Å². The first kappa shape index (κ1) is 41.8. The van der Waals surface area contributed by atoms with E-state index >= 15 is 0 Å². The molecule has 0 spiro atoms. The molecule has 3 saturated carbocycles. The Labute approximate surface area is 364 Å². The fraction of sp³-hybridized carbons (Fsp3) is 0.632. The molecule has 1 unspecified atom stereocenters. The molecule has 55 heavy (non-hydrogen) atoms. The third kappa shape index (κ3) is 9.17. The molecule has 2 aromatic rings. The first-order chi connectivity index (χ1) is 25.6. The minimum atomic E-state index is -4.03. The maximum atomic E-state index is 14.6. The number of nitrogens with zero attached hydrogens (tertiary/aromatic N) is 4. The normalized spacial score (nSPS) is 29.7. The Bertz CT molecular complexity index is 1970. The van der Waals surface area contributed by atoms with Crippen molar-refractivity contribution in [2.24, 2.45) is 17.3 Å². The smallest absolute Gasteiger partial charge is 0.544 e. The summed E-state index contributed by atoms with van der Waals surface area (Å²) in [5, 5.41) is 4.87. The Kier molecular flexibility index (Phi) is 12.3. The molecule has 2 bridgehead atoms. The molecule has 2 aliphatic heterocycles. The second kappa shape index (κ2) is 16.2. The van der Waals surface area contributed by atoms with Crippen molar-refractivity contribution in [3.63, 3.8) is 0 Å². The van der Waals surface area contributed by atoms with Crippen molar-refractivity contribution in [3.8, 4) is 11.6 Å². The van der Waals surface area contributed by atoms with Crippen molar-refractivity contribution < 1.29 is 93.2 Å². The van der Waals surface area contributed by atoms with Gasteiger partial charge in [-0.1, -0.05) is 39.7 Å². The fourth-order valence-electron chi connectivity index (χ4n) is 7.58. The van der Waals surface area contributed by atoms with Crippen LogP contribution in [0.4, 0.5) is 4.79 Å². The molecule has 1 aromatic carbocycles. The van der Waals surface area contributed by atoms with Crippen LogP contribution in [0.3, 0.4) is 0 Å². The van der Waals surface area contributed by atoms with Crippen molar-refractivity contribution in [2.75, 3.05) is 13.7 Å². The average molecular weight is 805 g/mol. The van der Waals surface area contributed by atoms with Crippen molar-refractivity contribution in [2.45, 2.75) is 120 Å². The second-order valence-electron chi connectivity index (χ2n) is 16.4. The largest absolute Gasteiger partial charge is 1.00 e. The molecule has 7 rings (SSSR count). The maximum absolute atomic E-state index is 14.6. The van der Waals surface area contributed by atoms with Crippen LogP contribution in [0.15, 0.2) is 30.9 Å². The number of methoxy groups -OCH3 is 1. The third-order valence-electron chi connectivity index (χ3n) is 11.2. The molecule has 17 heteroatoms. The number of ether oxygens (including phenoxy) is 3. The molecule has 4 fully saturated rings. The predicted octanol–water partition coefficient (Wildman–Crippen LogP) is 1.09. The van der Waals surface area contributed by atoms with Crippen LogP contribution in [0.25, 0.3) is 15.8 Å². The van der Waals surface area contributed by atoms with Gasteiger partial charge in [-0.05, 0) is 68.4 Å². The second-order valence-corrected chi connectivity index (χ2v) is 18.3. The first-order valence-electron chi connectivity index (χ1n) is 18.9. The molecule has 4 amide bonds. The van der Waals surface area contributed by atoms with E-state index in [1.54, 1.807) is 33.9 Å². The van der Waals surface area contributed by atoms with E-state index in [9.17, 15) is 27.6 Å². The van der Waals surface area contributed by atoms with Gasteiger partial charge in [0.2, 0.25) is 17.7 Å². The van der Waals surface area contributed by atoms with E-state index in [-0.39, 0.29) is 88.7 Å². The molecular formula is C38H49KN6O9S.